The number of hydrogen-bond acceptors (Lipinski definition) is 9. The minimum Gasteiger partial charge on any atom is -0.347 e. The van der Waals surface area contributed by atoms with Crippen molar-refractivity contribution in [1.29, 1.82) is 0 Å². The zero-order valence-electron chi connectivity index (χ0n) is 16.8. The van der Waals surface area contributed by atoms with Gasteiger partial charge in [-0.05, 0) is 13.0 Å². The fourth-order valence-electron chi connectivity index (χ4n) is 3.57. The molecule has 4 rings (SSSR count). The van der Waals surface area contributed by atoms with E-state index in [9.17, 15) is 13.2 Å². The lowest BCUT2D eigenvalue weighted by atomic mass is 10.0. The fourth-order valence-corrected chi connectivity index (χ4v) is 6.06. The van der Waals surface area contributed by atoms with Crippen LogP contribution in [-0.4, -0.2) is 68.0 Å². The Balaban J connectivity index is 1.38. The molecule has 2 aliphatic heterocycles. The molecule has 0 bridgehead atoms. The Hall–Kier alpha value is -1.86. The molecule has 2 aliphatic rings. The zero-order valence-corrected chi connectivity index (χ0v) is 18.5. The molecule has 1 spiro atoms. The lowest BCUT2D eigenvalue weighted by Crippen LogP contribution is -2.49. The molecule has 0 unspecified atom stereocenters. The second-order valence-corrected chi connectivity index (χ2v) is 10.2. The van der Waals surface area contributed by atoms with Crippen LogP contribution in [0.25, 0.3) is 10.7 Å². The van der Waals surface area contributed by atoms with Crippen LogP contribution in [0.5, 0.6) is 0 Å². The number of aromatic nitrogens is 2. The number of sulfonamides is 1. The molecule has 10 nitrogen and oxygen atoms in total. The van der Waals surface area contributed by atoms with Gasteiger partial charge in [-0.3, -0.25) is 4.79 Å². The number of nitrogens with one attached hydrogen (secondary N) is 1. The molecule has 2 aromatic heterocycles. The number of nitrogens with zero attached hydrogens (tertiary/aromatic N) is 3. The second kappa shape index (κ2) is 8.35. The van der Waals surface area contributed by atoms with Crippen LogP contribution < -0.4 is 4.72 Å². The average molecular weight is 457 g/mol. The minimum atomic E-state index is -3.86. The van der Waals surface area contributed by atoms with E-state index in [4.69, 9.17) is 14.0 Å². The first-order chi connectivity index (χ1) is 14.3. The first-order valence-electron chi connectivity index (χ1n) is 9.81. The van der Waals surface area contributed by atoms with Crippen molar-refractivity contribution in [2.24, 2.45) is 0 Å². The fraction of sp³-hybridized carbons (Fsp3) is 0.611. The molecule has 2 fully saturated rings. The standard InChI is InChI=1S/C18H24N4O6S2/c1-3-15-20-17(21-28-15)13-10-14(12(2)29-13)30(24,25)19-11-16(23)22-6-4-18(5-7-22)26-8-9-27-18/h10,19H,3-9,11H2,1-2H3. The van der Waals surface area contributed by atoms with Gasteiger partial charge in [0.2, 0.25) is 27.6 Å². The predicted molar refractivity (Wildman–Crippen MR) is 107 cm³/mol. The smallest absolute Gasteiger partial charge is 0.242 e. The summed E-state index contributed by atoms with van der Waals surface area (Å²) in [6, 6.07) is 1.51. The van der Waals surface area contributed by atoms with Crippen LogP contribution >= 0.6 is 11.3 Å². The predicted octanol–water partition coefficient (Wildman–Crippen LogP) is 1.31. The number of rotatable bonds is 6. The Bertz CT molecular complexity index is 1020. The SMILES string of the molecule is CCc1nc(-c2cc(S(=O)(=O)NCC(=O)N3CCC4(CC3)OCCO4)c(C)s2)no1. The number of hydrogen-bond donors (Lipinski definition) is 1. The van der Waals surface area contributed by atoms with E-state index in [1.54, 1.807) is 11.8 Å². The summed E-state index contributed by atoms with van der Waals surface area (Å²) < 4.78 is 44.4. The Kier molecular flexibility index (Phi) is 5.95. The number of amides is 1. The van der Waals surface area contributed by atoms with Crippen LogP contribution in [0, 0.1) is 6.92 Å². The molecule has 12 heteroatoms. The maximum absolute atomic E-state index is 12.8. The van der Waals surface area contributed by atoms with Gasteiger partial charge in [0.15, 0.2) is 5.79 Å². The Morgan fingerprint density at radius 1 is 1.30 bits per heavy atom. The summed E-state index contributed by atoms with van der Waals surface area (Å²) in [6.07, 6.45) is 1.77. The highest BCUT2D eigenvalue weighted by Crippen LogP contribution is 2.33. The van der Waals surface area contributed by atoms with Gasteiger partial charge in [-0.15, -0.1) is 11.3 Å². The molecule has 1 amide bonds. The number of thiophene rings is 1. The van der Waals surface area contributed by atoms with Crippen molar-refractivity contribution in [2.45, 2.75) is 43.8 Å². The van der Waals surface area contributed by atoms with Crippen molar-refractivity contribution in [1.82, 2.24) is 19.8 Å². The van der Waals surface area contributed by atoms with Crippen molar-refractivity contribution in [2.75, 3.05) is 32.8 Å². The lowest BCUT2D eigenvalue weighted by molar-refractivity contribution is -0.187. The summed E-state index contributed by atoms with van der Waals surface area (Å²) >= 11 is 1.26. The first-order valence-corrected chi connectivity index (χ1v) is 12.1. The van der Waals surface area contributed by atoms with E-state index in [1.165, 1.54) is 17.4 Å². The third-order valence-electron chi connectivity index (χ3n) is 5.26. The largest absolute Gasteiger partial charge is 0.347 e. The summed E-state index contributed by atoms with van der Waals surface area (Å²) in [5, 5.41) is 3.89. The van der Waals surface area contributed by atoms with E-state index in [0.717, 1.165) is 0 Å². The van der Waals surface area contributed by atoms with Crippen LogP contribution in [0.3, 0.4) is 0 Å². The highest BCUT2D eigenvalue weighted by Gasteiger charge is 2.40. The molecule has 1 N–H and O–H groups in total. The number of piperidine rings is 1. The first kappa shape index (κ1) is 21.4. The molecule has 0 saturated carbocycles. The molecule has 30 heavy (non-hydrogen) atoms. The van der Waals surface area contributed by atoms with Gasteiger partial charge in [0.25, 0.3) is 0 Å². The number of aryl methyl sites for hydroxylation is 2. The van der Waals surface area contributed by atoms with Gasteiger partial charge in [0, 0.05) is 37.2 Å². The van der Waals surface area contributed by atoms with Crippen molar-refractivity contribution in [3.63, 3.8) is 0 Å². The lowest BCUT2D eigenvalue weighted by Gasteiger charge is -2.37. The van der Waals surface area contributed by atoms with Crippen LogP contribution in [0.15, 0.2) is 15.5 Å². The molecule has 2 aromatic rings. The van der Waals surface area contributed by atoms with Gasteiger partial charge < -0.3 is 18.9 Å². The van der Waals surface area contributed by atoms with E-state index >= 15 is 0 Å². The molecule has 4 heterocycles. The van der Waals surface area contributed by atoms with E-state index < -0.39 is 15.8 Å². The molecular weight excluding hydrogens is 432 g/mol. The molecule has 0 aromatic carbocycles. The van der Waals surface area contributed by atoms with Gasteiger partial charge >= 0.3 is 0 Å². The quantitative estimate of drug-likeness (QED) is 0.690. The Morgan fingerprint density at radius 2 is 2.00 bits per heavy atom. The van der Waals surface area contributed by atoms with E-state index in [-0.39, 0.29) is 17.3 Å². The van der Waals surface area contributed by atoms with Crippen LogP contribution in [-0.2, 0) is 30.7 Å². The number of likely N-dealkylation sites (tertiary alicyclic amines) is 1. The average Bonchev–Trinajstić information content (AvgIpc) is 3.47. The van der Waals surface area contributed by atoms with E-state index in [2.05, 4.69) is 14.9 Å². The van der Waals surface area contributed by atoms with Gasteiger partial charge in [-0.25, -0.2) is 13.1 Å². The molecule has 2 saturated heterocycles. The summed E-state index contributed by atoms with van der Waals surface area (Å²) in [7, 11) is -3.86. The molecule has 164 valence electrons. The molecule has 0 radical (unpaired) electrons. The highest BCUT2D eigenvalue weighted by atomic mass is 32.2. The topological polar surface area (TPSA) is 124 Å². The maximum atomic E-state index is 12.8. The summed E-state index contributed by atoms with van der Waals surface area (Å²) in [5.41, 5.74) is 0. The normalized spacial score (nSPS) is 18.9. The van der Waals surface area contributed by atoms with Gasteiger partial charge in [0.1, 0.15) is 0 Å². The van der Waals surface area contributed by atoms with Crippen molar-refractivity contribution in [3.05, 3.63) is 16.8 Å². The summed E-state index contributed by atoms with van der Waals surface area (Å²) in [5.74, 6) is -0.00459. The third-order valence-corrected chi connectivity index (χ3v) is 7.96. The van der Waals surface area contributed by atoms with Gasteiger partial charge in [-0.1, -0.05) is 12.1 Å². The van der Waals surface area contributed by atoms with E-state index in [1.807, 2.05) is 6.92 Å². The number of carbonyl (C=O) groups is 1. The Labute approximate surface area is 178 Å². The van der Waals surface area contributed by atoms with Gasteiger partial charge in [-0.2, -0.15) is 4.98 Å². The zero-order chi connectivity index (χ0) is 21.4. The monoisotopic (exact) mass is 456 g/mol. The van der Waals surface area contributed by atoms with Crippen molar-refractivity contribution >= 4 is 27.3 Å². The van der Waals surface area contributed by atoms with Crippen LogP contribution in [0.2, 0.25) is 0 Å². The third kappa shape index (κ3) is 4.28. The summed E-state index contributed by atoms with van der Waals surface area (Å²) in [6.45, 7) is 5.38. The minimum absolute atomic E-state index is 0.114. The molecule has 0 aliphatic carbocycles. The van der Waals surface area contributed by atoms with Crippen LogP contribution in [0.4, 0.5) is 0 Å². The second-order valence-electron chi connectivity index (χ2n) is 7.21. The number of carbonyl (C=O) groups excluding carboxylic acids is 1. The maximum Gasteiger partial charge on any atom is 0.242 e. The highest BCUT2D eigenvalue weighted by molar-refractivity contribution is 7.89. The number of ether oxygens (including phenoxy) is 2. The Morgan fingerprint density at radius 3 is 2.63 bits per heavy atom. The molecule has 0 atom stereocenters. The van der Waals surface area contributed by atoms with Crippen molar-refractivity contribution < 1.29 is 27.2 Å². The van der Waals surface area contributed by atoms with E-state index in [0.29, 0.717) is 67.0 Å². The van der Waals surface area contributed by atoms with Gasteiger partial charge in [0.05, 0.1) is 29.5 Å². The molecular formula is C18H24N4O6S2. The summed E-state index contributed by atoms with van der Waals surface area (Å²) in [4.78, 5) is 19.7. The van der Waals surface area contributed by atoms with Crippen LogP contribution in [0.1, 0.15) is 30.5 Å². The van der Waals surface area contributed by atoms with Crippen molar-refractivity contribution in [3.8, 4) is 10.7 Å².